The maximum absolute atomic E-state index is 2.66. The largest absolute Gasteiger partial charge is 0.0622 e. The molecule has 0 nitrogen and oxygen atoms in total. The van der Waals surface area contributed by atoms with Crippen LogP contribution in [0.5, 0.6) is 0 Å². The van der Waals surface area contributed by atoms with Gasteiger partial charge in [0.05, 0.1) is 0 Å². The predicted molar refractivity (Wildman–Crippen MR) is 370 cm³/mol. The van der Waals surface area contributed by atoms with E-state index in [-0.39, 0.29) is 43.3 Å². The molecule has 4 atom stereocenters. The fourth-order valence-corrected chi connectivity index (χ4v) is 20.8. The van der Waals surface area contributed by atoms with Gasteiger partial charge in [0.2, 0.25) is 0 Å². The maximum Gasteiger partial charge on any atom is -0.00241 e. The summed E-state index contributed by atoms with van der Waals surface area (Å²) in [4.78, 5) is 0. The van der Waals surface area contributed by atoms with Crippen molar-refractivity contribution in [3.8, 4) is 0 Å². The van der Waals surface area contributed by atoms with Crippen LogP contribution in [0.15, 0.2) is 279 Å². The quantitative estimate of drug-likeness (QED) is 0.0898. The molecule has 0 heteroatoms. The van der Waals surface area contributed by atoms with Crippen molar-refractivity contribution in [2.45, 2.75) is 110 Å². The molecular weight excluding hydrogens is 1060 g/mol. The molecule has 0 heterocycles. The van der Waals surface area contributed by atoms with Gasteiger partial charge in [-0.05, 0) is 210 Å². The van der Waals surface area contributed by atoms with Crippen molar-refractivity contribution in [1.29, 1.82) is 0 Å². The number of benzene rings is 10. The number of hydrogen-bond donors (Lipinski definition) is 0. The first kappa shape index (κ1) is 54.5. The van der Waals surface area contributed by atoms with Gasteiger partial charge in [0.25, 0.3) is 0 Å². The molecule has 0 N–H and O–H groups in total. The van der Waals surface area contributed by atoms with Gasteiger partial charge in [-0.3, -0.25) is 0 Å². The Labute approximate surface area is 522 Å². The Morgan fingerprint density at radius 2 is 0.330 bits per heavy atom. The first-order valence-corrected chi connectivity index (χ1v) is 32.6. The van der Waals surface area contributed by atoms with Gasteiger partial charge in [-0.2, -0.15) is 0 Å². The Hall–Kier alpha value is -8.84. The van der Waals surface area contributed by atoms with Crippen LogP contribution in [-0.2, 0) is 32.5 Å². The van der Waals surface area contributed by atoms with Crippen molar-refractivity contribution in [3.63, 3.8) is 0 Å². The molecule has 8 fully saturated rings. The van der Waals surface area contributed by atoms with Gasteiger partial charge >= 0.3 is 0 Å². The van der Waals surface area contributed by atoms with E-state index in [4.69, 9.17) is 0 Å². The zero-order valence-electron chi connectivity index (χ0n) is 50.7. The highest BCUT2D eigenvalue weighted by molar-refractivity contribution is 5.77. The lowest BCUT2D eigenvalue weighted by molar-refractivity contribution is -0.237. The zero-order chi connectivity index (χ0) is 58.8. The monoisotopic (exact) mass is 1130 g/mol. The molecule has 8 saturated carbocycles. The molecule has 0 radical (unpaired) electrons. The second kappa shape index (κ2) is 21.5. The summed E-state index contributed by atoms with van der Waals surface area (Å²) in [5.41, 5.74) is 18.7. The van der Waals surface area contributed by atoms with Gasteiger partial charge in [0, 0.05) is 0 Å². The fraction of sp³-hybridized carbons (Fsp3) is 0.227. The molecule has 0 aliphatic heterocycles. The molecule has 0 spiro atoms. The first-order valence-electron chi connectivity index (χ1n) is 32.6. The van der Waals surface area contributed by atoms with Crippen LogP contribution in [0.3, 0.4) is 0 Å². The molecule has 0 aromatic heterocycles. The summed E-state index contributed by atoms with van der Waals surface area (Å²) in [7, 11) is 0. The van der Waals surface area contributed by atoms with Gasteiger partial charge in [0.15, 0.2) is 0 Å². The Kier molecular flexibility index (Phi) is 13.3. The van der Waals surface area contributed by atoms with Gasteiger partial charge in [-0.25, -0.2) is 0 Å². The lowest BCUT2D eigenvalue weighted by atomic mass is 9.23. The molecule has 8 aliphatic carbocycles. The Morgan fingerprint density at radius 3 is 0.534 bits per heavy atom. The minimum Gasteiger partial charge on any atom is -0.0622 e. The number of hydrogen-bond acceptors (Lipinski definition) is 0. The van der Waals surface area contributed by atoms with Crippen molar-refractivity contribution in [1.82, 2.24) is 0 Å². The maximum atomic E-state index is 2.66. The normalized spacial score (nSPS) is 29.2. The summed E-state index contributed by atoms with van der Waals surface area (Å²) in [6, 6.07) is 108. The molecule has 10 aromatic carbocycles. The van der Waals surface area contributed by atoms with E-state index in [1.54, 1.807) is 22.3 Å². The Balaban J connectivity index is 0.955. The SMILES string of the molecule is C(=Cc1cc(C=Cc2ccccc2)cc(C23CC4(c5ccccc5)CC(c5ccccc5)(C2)CC(C25CC6(c7ccccc7)CC(c7ccccc7)(CC(c7cc(C=Cc8ccccc8)cc(C=Cc8ccccc8)c7)(C6)C2)C5)(C4)C3)c1)c1ccccc1. The molecular formula is C88H78. The van der Waals surface area contributed by atoms with Gasteiger partial charge in [0.1, 0.15) is 0 Å². The highest BCUT2D eigenvalue weighted by atomic mass is 14.8. The van der Waals surface area contributed by atoms with Crippen LogP contribution >= 0.6 is 0 Å². The van der Waals surface area contributed by atoms with Crippen LogP contribution in [-0.4, -0.2) is 0 Å². The molecule has 10 aromatic rings. The number of rotatable bonds is 15. The van der Waals surface area contributed by atoms with Crippen LogP contribution in [0.1, 0.15) is 155 Å². The van der Waals surface area contributed by atoms with Gasteiger partial charge in [-0.1, -0.05) is 316 Å². The molecule has 4 unspecified atom stereocenters. The molecule has 8 aliphatic rings. The Bertz CT molecular complexity index is 3720. The second-order valence-electron chi connectivity index (χ2n) is 28.6. The van der Waals surface area contributed by atoms with E-state index < -0.39 is 0 Å². The summed E-state index contributed by atoms with van der Waals surface area (Å²) in [5.74, 6) is 0. The van der Waals surface area contributed by atoms with E-state index in [9.17, 15) is 0 Å². The minimum atomic E-state index is -0.125. The summed E-state index contributed by atoms with van der Waals surface area (Å²) in [6.45, 7) is 0. The second-order valence-corrected chi connectivity index (χ2v) is 28.6. The third-order valence-electron chi connectivity index (χ3n) is 23.0. The summed E-state index contributed by atoms with van der Waals surface area (Å²) in [5, 5.41) is 0. The predicted octanol–water partition coefficient (Wildman–Crippen LogP) is 22.0. The Morgan fingerprint density at radius 1 is 0.159 bits per heavy atom. The van der Waals surface area contributed by atoms with E-state index in [0.717, 1.165) is 25.7 Å². The van der Waals surface area contributed by atoms with Crippen molar-refractivity contribution in [3.05, 3.63) is 357 Å². The van der Waals surface area contributed by atoms with Crippen LogP contribution in [0, 0.1) is 10.8 Å². The zero-order valence-corrected chi connectivity index (χ0v) is 50.7. The topological polar surface area (TPSA) is 0 Å². The third kappa shape index (κ3) is 9.58. The molecule has 0 amide bonds. The average molecular weight is 1140 g/mol. The van der Waals surface area contributed by atoms with Crippen LogP contribution < -0.4 is 0 Å². The standard InChI is InChI=1S/C88H78/c1-9-25-67(26-10-1)41-45-71-49-72(46-42-68-27-11-2-12-28-68)52-79(51-71)85-57-81(75-33-17-5-18-34-75)55-82(58-85,76-35-19-6-20-36-76)62-87(61-81,65-85)88-63-83(77-37-21-7-22-38-77)56-84(64-88,78-39-23-8-24-40-78)60-86(59-83,66-88)80-53-73(47-43-69-29-13-3-14-30-69)50-74(54-80)48-44-70-31-15-4-16-32-70/h1-54H,55-66H2. The van der Waals surface area contributed by atoms with Crippen molar-refractivity contribution in [2.24, 2.45) is 10.8 Å². The fourth-order valence-electron chi connectivity index (χ4n) is 20.8. The molecule has 430 valence electrons. The van der Waals surface area contributed by atoms with E-state index >= 15 is 0 Å². The smallest absolute Gasteiger partial charge is 0.00241 e. The lowest BCUT2D eigenvalue weighted by Crippen LogP contribution is -2.75. The highest BCUT2D eigenvalue weighted by Crippen LogP contribution is 2.86. The average Bonchev–Trinajstić information content (AvgIpc) is 0.644. The molecule has 8 bridgehead atoms. The van der Waals surface area contributed by atoms with Crippen LogP contribution in [0.2, 0.25) is 0 Å². The van der Waals surface area contributed by atoms with Crippen LogP contribution in [0.4, 0.5) is 0 Å². The van der Waals surface area contributed by atoms with E-state index in [0.29, 0.717) is 0 Å². The van der Waals surface area contributed by atoms with E-state index in [1.807, 2.05) is 0 Å². The first-order chi connectivity index (χ1) is 43.2. The van der Waals surface area contributed by atoms with Crippen molar-refractivity contribution < 1.29 is 0 Å². The molecule has 18 rings (SSSR count). The lowest BCUT2D eigenvalue weighted by Gasteiger charge is -2.81. The van der Waals surface area contributed by atoms with E-state index in [2.05, 4.69) is 328 Å². The summed E-state index contributed by atoms with van der Waals surface area (Å²) < 4.78 is 0. The third-order valence-corrected chi connectivity index (χ3v) is 23.0. The molecule has 88 heavy (non-hydrogen) atoms. The van der Waals surface area contributed by atoms with Crippen molar-refractivity contribution >= 4 is 48.6 Å². The molecule has 0 saturated heterocycles. The van der Waals surface area contributed by atoms with Crippen LogP contribution in [0.25, 0.3) is 48.6 Å². The van der Waals surface area contributed by atoms with Gasteiger partial charge < -0.3 is 0 Å². The summed E-state index contributed by atoms with van der Waals surface area (Å²) >= 11 is 0. The van der Waals surface area contributed by atoms with E-state index in [1.165, 1.54) is 107 Å². The summed E-state index contributed by atoms with van der Waals surface area (Å²) in [6.07, 6.45) is 33.1. The van der Waals surface area contributed by atoms with Gasteiger partial charge in [-0.15, -0.1) is 0 Å². The highest BCUT2D eigenvalue weighted by Gasteiger charge is 2.79. The van der Waals surface area contributed by atoms with Crippen molar-refractivity contribution in [2.75, 3.05) is 0 Å². The minimum absolute atomic E-state index is 0.0310.